The average molecular weight is 281 g/mol. The summed E-state index contributed by atoms with van der Waals surface area (Å²) in [6.07, 6.45) is 0. The highest BCUT2D eigenvalue weighted by Crippen LogP contribution is 2.20. The Hall–Kier alpha value is -1.62. The highest BCUT2D eigenvalue weighted by Gasteiger charge is 2.16. The zero-order valence-electron chi connectivity index (χ0n) is 12.7. The Morgan fingerprint density at radius 1 is 1.45 bits per heavy atom. The second-order valence-electron chi connectivity index (χ2n) is 4.96. The Morgan fingerprint density at radius 2 is 2.15 bits per heavy atom. The van der Waals surface area contributed by atoms with Gasteiger partial charge in [-0.25, -0.2) is 4.39 Å². The van der Waals surface area contributed by atoms with Crippen molar-refractivity contribution >= 4 is 11.6 Å². The molecule has 0 aliphatic carbocycles. The summed E-state index contributed by atoms with van der Waals surface area (Å²) in [5.41, 5.74) is 1.43. The standard InChI is InChI=1S/C15H24FN3O/c1-5-18-9-12-6-7-14(13(16)8-12)19(4)10-11(2)15(20)17-3/h6-8,11,18H,5,9-10H2,1-4H3,(H,17,20). The summed E-state index contributed by atoms with van der Waals surface area (Å²) in [6, 6.07) is 5.21. The Labute approximate surface area is 120 Å². The molecule has 1 rings (SSSR count). The minimum atomic E-state index is -0.257. The molecule has 0 spiro atoms. The molecule has 1 atom stereocenters. The molecule has 0 saturated heterocycles. The first-order chi connectivity index (χ1) is 9.49. The number of carbonyl (C=O) groups is 1. The fourth-order valence-electron chi connectivity index (χ4n) is 2.08. The van der Waals surface area contributed by atoms with Gasteiger partial charge in [-0.05, 0) is 24.2 Å². The van der Waals surface area contributed by atoms with Crippen LogP contribution in [0.1, 0.15) is 19.4 Å². The normalized spacial score (nSPS) is 12.1. The van der Waals surface area contributed by atoms with E-state index in [1.54, 1.807) is 31.1 Å². The van der Waals surface area contributed by atoms with Crippen LogP contribution in [0.15, 0.2) is 18.2 Å². The van der Waals surface area contributed by atoms with Crippen LogP contribution in [-0.4, -0.2) is 33.1 Å². The van der Waals surface area contributed by atoms with Gasteiger partial charge in [0.25, 0.3) is 0 Å². The fourth-order valence-corrected chi connectivity index (χ4v) is 2.08. The van der Waals surface area contributed by atoms with Crippen molar-refractivity contribution in [3.8, 4) is 0 Å². The molecule has 0 aliphatic rings. The quantitative estimate of drug-likeness (QED) is 0.800. The van der Waals surface area contributed by atoms with Crippen LogP contribution in [0.5, 0.6) is 0 Å². The molecule has 1 aromatic carbocycles. The van der Waals surface area contributed by atoms with Gasteiger partial charge in [-0.2, -0.15) is 0 Å². The molecule has 0 aromatic heterocycles. The lowest BCUT2D eigenvalue weighted by Crippen LogP contribution is -2.34. The van der Waals surface area contributed by atoms with Crippen LogP contribution in [0.4, 0.5) is 10.1 Å². The van der Waals surface area contributed by atoms with E-state index in [4.69, 9.17) is 0 Å². The SMILES string of the molecule is CCNCc1ccc(N(C)CC(C)C(=O)NC)c(F)c1. The minimum absolute atomic E-state index is 0.0407. The summed E-state index contributed by atoms with van der Waals surface area (Å²) >= 11 is 0. The number of nitrogens with one attached hydrogen (secondary N) is 2. The molecule has 2 N–H and O–H groups in total. The summed E-state index contributed by atoms with van der Waals surface area (Å²) in [6.45, 7) is 5.83. The van der Waals surface area contributed by atoms with E-state index in [1.807, 2.05) is 19.9 Å². The third-order valence-electron chi connectivity index (χ3n) is 3.24. The van der Waals surface area contributed by atoms with Gasteiger partial charge < -0.3 is 15.5 Å². The van der Waals surface area contributed by atoms with Crippen molar-refractivity contribution < 1.29 is 9.18 Å². The van der Waals surface area contributed by atoms with Crippen LogP contribution in [0.2, 0.25) is 0 Å². The highest BCUT2D eigenvalue weighted by atomic mass is 19.1. The van der Waals surface area contributed by atoms with Crippen LogP contribution in [0.3, 0.4) is 0 Å². The van der Waals surface area contributed by atoms with E-state index in [9.17, 15) is 9.18 Å². The molecule has 0 bridgehead atoms. The van der Waals surface area contributed by atoms with Gasteiger partial charge in [0.2, 0.25) is 5.91 Å². The van der Waals surface area contributed by atoms with E-state index < -0.39 is 0 Å². The maximum Gasteiger partial charge on any atom is 0.224 e. The first-order valence-electron chi connectivity index (χ1n) is 6.91. The molecule has 1 amide bonds. The Balaban J connectivity index is 2.73. The van der Waals surface area contributed by atoms with E-state index in [0.717, 1.165) is 12.1 Å². The van der Waals surface area contributed by atoms with Gasteiger partial charge in [0.1, 0.15) is 5.82 Å². The molecule has 4 nitrogen and oxygen atoms in total. The fraction of sp³-hybridized carbons (Fsp3) is 0.533. The van der Waals surface area contributed by atoms with Gasteiger partial charge in [-0.3, -0.25) is 4.79 Å². The highest BCUT2D eigenvalue weighted by molar-refractivity contribution is 5.78. The largest absolute Gasteiger partial charge is 0.371 e. The zero-order chi connectivity index (χ0) is 15.1. The third-order valence-corrected chi connectivity index (χ3v) is 3.24. The number of carbonyl (C=O) groups excluding carboxylic acids is 1. The molecule has 0 radical (unpaired) electrons. The van der Waals surface area contributed by atoms with Gasteiger partial charge in [0.05, 0.1) is 11.6 Å². The molecule has 1 unspecified atom stereocenters. The van der Waals surface area contributed by atoms with Crippen molar-refractivity contribution in [3.63, 3.8) is 0 Å². The Morgan fingerprint density at radius 3 is 2.70 bits per heavy atom. The van der Waals surface area contributed by atoms with E-state index in [-0.39, 0.29) is 17.6 Å². The van der Waals surface area contributed by atoms with Crippen molar-refractivity contribution in [2.45, 2.75) is 20.4 Å². The maximum atomic E-state index is 14.1. The summed E-state index contributed by atoms with van der Waals surface area (Å²) in [7, 11) is 3.40. The second-order valence-corrected chi connectivity index (χ2v) is 4.96. The molecule has 5 heteroatoms. The predicted octanol–water partition coefficient (Wildman–Crippen LogP) is 1.75. The van der Waals surface area contributed by atoms with Crippen LogP contribution in [0.25, 0.3) is 0 Å². The van der Waals surface area contributed by atoms with Crippen LogP contribution in [0, 0.1) is 11.7 Å². The summed E-state index contributed by atoms with van der Waals surface area (Å²) in [4.78, 5) is 13.3. The van der Waals surface area contributed by atoms with Crippen LogP contribution >= 0.6 is 0 Å². The number of benzene rings is 1. The zero-order valence-corrected chi connectivity index (χ0v) is 12.7. The van der Waals surface area contributed by atoms with E-state index in [1.165, 1.54) is 0 Å². The third kappa shape index (κ3) is 4.49. The first-order valence-corrected chi connectivity index (χ1v) is 6.91. The molecule has 0 aliphatic heterocycles. The van der Waals surface area contributed by atoms with Crippen molar-refractivity contribution in [2.75, 3.05) is 32.1 Å². The molecule has 20 heavy (non-hydrogen) atoms. The van der Waals surface area contributed by atoms with Crippen molar-refractivity contribution in [1.82, 2.24) is 10.6 Å². The lowest BCUT2D eigenvalue weighted by atomic mass is 10.1. The summed E-state index contributed by atoms with van der Waals surface area (Å²) in [5.74, 6) is -0.487. The van der Waals surface area contributed by atoms with Crippen molar-refractivity contribution in [3.05, 3.63) is 29.6 Å². The van der Waals surface area contributed by atoms with Gasteiger partial charge in [-0.15, -0.1) is 0 Å². The van der Waals surface area contributed by atoms with Crippen LogP contribution in [-0.2, 0) is 11.3 Å². The lowest BCUT2D eigenvalue weighted by Gasteiger charge is -2.23. The maximum absolute atomic E-state index is 14.1. The van der Waals surface area contributed by atoms with Crippen molar-refractivity contribution in [1.29, 1.82) is 0 Å². The number of hydrogen-bond acceptors (Lipinski definition) is 3. The first kappa shape index (κ1) is 16.4. The molecule has 112 valence electrons. The smallest absolute Gasteiger partial charge is 0.224 e. The molecule has 0 heterocycles. The molecular formula is C15H24FN3O. The monoisotopic (exact) mass is 281 g/mol. The number of anilines is 1. The van der Waals surface area contributed by atoms with Crippen LogP contribution < -0.4 is 15.5 Å². The number of nitrogens with zero attached hydrogens (tertiary/aromatic N) is 1. The number of amides is 1. The van der Waals surface area contributed by atoms with Crippen molar-refractivity contribution in [2.24, 2.45) is 5.92 Å². The van der Waals surface area contributed by atoms with E-state index in [0.29, 0.717) is 18.8 Å². The number of hydrogen-bond donors (Lipinski definition) is 2. The van der Waals surface area contributed by atoms with Gasteiger partial charge in [0.15, 0.2) is 0 Å². The number of rotatable bonds is 7. The summed E-state index contributed by atoms with van der Waals surface area (Å²) in [5, 5.41) is 5.76. The predicted molar refractivity (Wildman–Crippen MR) is 80.3 cm³/mol. The Bertz CT molecular complexity index is 451. The van der Waals surface area contributed by atoms with Gasteiger partial charge in [-0.1, -0.05) is 19.9 Å². The Kier molecular flexibility index (Phi) is 6.45. The van der Waals surface area contributed by atoms with E-state index >= 15 is 0 Å². The van der Waals surface area contributed by atoms with Gasteiger partial charge in [0, 0.05) is 27.2 Å². The molecular weight excluding hydrogens is 257 g/mol. The van der Waals surface area contributed by atoms with E-state index in [2.05, 4.69) is 10.6 Å². The minimum Gasteiger partial charge on any atom is -0.371 e. The summed E-state index contributed by atoms with van der Waals surface area (Å²) < 4.78 is 14.1. The lowest BCUT2D eigenvalue weighted by molar-refractivity contribution is -0.123. The molecule has 0 fully saturated rings. The average Bonchev–Trinajstić information content (AvgIpc) is 2.43. The van der Waals surface area contributed by atoms with Gasteiger partial charge >= 0.3 is 0 Å². The topological polar surface area (TPSA) is 44.4 Å². The number of halogens is 1. The molecule has 0 saturated carbocycles. The second kappa shape index (κ2) is 7.85. The molecule has 1 aromatic rings.